The summed E-state index contributed by atoms with van der Waals surface area (Å²) in [5.74, 6) is -1.26. The highest BCUT2D eigenvalue weighted by molar-refractivity contribution is 6.00. The van der Waals surface area contributed by atoms with Gasteiger partial charge in [0.1, 0.15) is 6.10 Å². The topological polar surface area (TPSA) is 83.8 Å². The lowest BCUT2D eigenvalue weighted by Gasteiger charge is -2.25. The first-order valence-electron chi connectivity index (χ1n) is 8.37. The maximum absolute atomic E-state index is 12.6. The maximum Gasteiger partial charge on any atom is 0.310 e. The van der Waals surface area contributed by atoms with E-state index in [0.717, 1.165) is 5.57 Å². The highest BCUT2D eigenvalue weighted by Gasteiger charge is 2.67. The average Bonchev–Trinajstić information content (AvgIpc) is 2.93. The van der Waals surface area contributed by atoms with Crippen molar-refractivity contribution in [3.8, 4) is 0 Å². The Morgan fingerprint density at radius 3 is 2.58 bits per heavy atom. The molecular weight excluding hydrogens is 308 g/mol. The number of aliphatic hydroxyl groups excluding tert-OH is 1. The van der Waals surface area contributed by atoms with E-state index in [4.69, 9.17) is 4.74 Å². The Balaban J connectivity index is 2.09. The number of esters is 1. The second-order valence-corrected chi connectivity index (χ2v) is 8.13. The number of Topliss-reactive ketones (excluding diaryl/α,β-unsaturated/α-hetero) is 1. The number of allylic oxidation sites excluding steroid dienone is 2. The molecule has 2 N–H and O–H groups in total. The van der Waals surface area contributed by atoms with E-state index >= 15 is 0 Å². The van der Waals surface area contributed by atoms with Gasteiger partial charge >= 0.3 is 5.97 Å². The van der Waals surface area contributed by atoms with Gasteiger partial charge in [-0.05, 0) is 38.2 Å². The van der Waals surface area contributed by atoms with Crippen molar-refractivity contribution in [1.29, 1.82) is 0 Å². The third kappa shape index (κ3) is 3.20. The van der Waals surface area contributed by atoms with E-state index in [2.05, 4.69) is 6.58 Å². The number of hydrogen-bond donors (Lipinski definition) is 2. The normalized spacial score (nSPS) is 30.3. The Morgan fingerprint density at radius 2 is 2.08 bits per heavy atom. The van der Waals surface area contributed by atoms with Crippen LogP contribution >= 0.6 is 0 Å². The fourth-order valence-corrected chi connectivity index (χ4v) is 3.78. The van der Waals surface area contributed by atoms with Crippen LogP contribution in [0.5, 0.6) is 0 Å². The van der Waals surface area contributed by atoms with Crippen LogP contribution in [-0.4, -0.2) is 39.8 Å². The summed E-state index contributed by atoms with van der Waals surface area (Å²) < 4.78 is 5.58. The highest BCUT2D eigenvalue weighted by atomic mass is 16.5. The zero-order valence-electron chi connectivity index (χ0n) is 15.1. The van der Waals surface area contributed by atoms with Crippen molar-refractivity contribution in [2.24, 2.45) is 17.3 Å². The summed E-state index contributed by atoms with van der Waals surface area (Å²) in [7, 11) is 0. The molecule has 0 aromatic heterocycles. The third-order valence-electron chi connectivity index (χ3n) is 5.50. The molecule has 24 heavy (non-hydrogen) atoms. The zero-order chi connectivity index (χ0) is 18.4. The van der Waals surface area contributed by atoms with Gasteiger partial charge in [-0.3, -0.25) is 9.59 Å². The first-order valence-corrected chi connectivity index (χ1v) is 8.37. The highest BCUT2D eigenvalue weighted by Crippen LogP contribution is 2.61. The van der Waals surface area contributed by atoms with Crippen molar-refractivity contribution < 1.29 is 24.5 Å². The van der Waals surface area contributed by atoms with Crippen molar-refractivity contribution in [1.82, 2.24) is 0 Å². The van der Waals surface area contributed by atoms with Gasteiger partial charge in [0.25, 0.3) is 0 Å². The van der Waals surface area contributed by atoms with Crippen LogP contribution in [0.1, 0.15) is 47.5 Å². The molecule has 0 spiro atoms. The molecule has 5 nitrogen and oxygen atoms in total. The van der Waals surface area contributed by atoms with E-state index < -0.39 is 35.1 Å². The van der Waals surface area contributed by atoms with Gasteiger partial charge in [0.05, 0.1) is 24.0 Å². The Hall–Kier alpha value is -1.46. The minimum atomic E-state index is -1.28. The van der Waals surface area contributed by atoms with Gasteiger partial charge in [-0.2, -0.15) is 0 Å². The van der Waals surface area contributed by atoms with Crippen LogP contribution < -0.4 is 0 Å². The van der Waals surface area contributed by atoms with Crippen molar-refractivity contribution >= 4 is 11.8 Å². The Bertz CT molecular complexity index is 593. The van der Waals surface area contributed by atoms with Crippen molar-refractivity contribution in [3.05, 3.63) is 23.8 Å². The molecule has 0 bridgehead atoms. The molecule has 4 atom stereocenters. The Morgan fingerprint density at radius 1 is 1.50 bits per heavy atom. The summed E-state index contributed by atoms with van der Waals surface area (Å²) in [6.45, 7) is 12.3. The standard InChI is InChI=1S/C19H28O5/c1-7-8-11-10(2)13(9-12(11)20)24-17(22)15-14(18(15,3)4)16(21)19(5,6)23/h7,13-16,21,23H,1,8-9H2,2-6H3/t13-,14+,15-,16-/m0/s1. The van der Waals surface area contributed by atoms with Crippen LogP contribution in [0.15, 0.2) is 23.8 Å². The number of carbonyl (C=O) groups is 2. The van der Waals surface area contributed by atoms with Gasteiger partial charge in [0.15, 0.2) is 5.78 Å². The van der Waals surface area contributed by atoms with Crippen molar-refractivity contribution in [2.45, 2.75) is 65.3 Å². The van der Waals surface area contributed by atoms with Gasteiger partial charge in [0, 0.05) is 11.5 Å². The molecular formula is C19H28O5. The number of ether oxygens (including phenoxy) is 1. The van der Waals surface area contributed by atoms with Crippen molar-refractivity contribution in [3.63, 3.8) is 0 Å². The van der Waals surface area contributed by atoms with Gasteiger partial charge in [0.2, 0.25) is 0 Å². The lowest BCUT2D eigenvalue weighted by atomic mass is 9.93. The molecule has 0 aromatic carbocycles. The second kappa shape index (κ2) is 6.12. The summed E-state index contributed by atoms with van der Waals surface area (Å²) in [4.78, 5) is 24.6. The van der Waals surface area contributed by atoms with Crippen LogP contribution in [0.4, 0.5) is 0 Å². The summed E-state index contributed by atoms with van der Waals surface area (Å²) in [5, 5.41) is 20.3. The zero-order valence-corrected chi connectivity index (χ0v) is 15.1. The number of ketones is 1. The van der Waals surface area contributed by atoms with Crippen LogP contribution in [0.25, 0.3) is 0 Å². The molecule has 0 amide bonds. The predicted octanol–water partition coefficient (Wildman–Crippen LogP) is 2.17. The monoisotopic (exact) mass is 336 g/mol. The summed E-state index contributed by atoms with van der Waals surface area (Å²) >= 11 is 0. The summed E-state index contributed by atoms with van der Waals surface area (Å²) in [6, 6.07) is 0. The van der Waals surface area contributed by atoms with E-state index in [1.807, 2.05) is 20.8 Å². The number of hydrogen-bond acceptors (Lipinski definition) is 5. The largest absolute Gasteiger partial charge is 0.457 e. The minimum Gasteiger partial charge on any atom is -0.457 e. The SMILES string of the molecule is C=CCC1=C(C)[C@@H](OC(=O)[C@@H]2[C@H]([C@H](O)C(C)(C)O)C2(C)C)CC1=O. The van der Waals surface area contributed by atoms with Crippen LogP contribution in [0.3, 0.4) is 0 Å². The fraction of sp³-hybridized carbons (Fsp3) is 0.684. The van der Waals surface area contributed by atoms with Crippen LogP contribution in [0, 0.1) is 17.3 Å². The van der Waals surface area contributed by atoms with E-state index in [1.165, 1.54) is 13.8 Å². The van der Waals surface area contributed by atoms with Crippen LogP contribution in [-0.2, 0) is 14.3 Å². The fourth-order valence-electron chi connectivity index (χ4n) is 3.78. The molecule has 2 aliphatic carbocycles. The number of carbonyl (C=O) groups excluding carboxylic acids is 2. The van der Waals surface area contributed by atoms with Gasteiger partial charge in [-0.25, -0.2) is 0 Å². The molecule has 0 aromatic rings. The first kappa shape index (κ1) is 18.9. The van der Waals surface area contributed by atoms with E-state index in [0.29, 0.717) is 12.0 Å². The Kier molecular flexibility index (Phi) is 4.81. The summed E-state index contributed by atoms with van der Waals surface area (Å²) in [6.07, 6.45) is 0.778. The lowest BCUT2D eigenvalue weighted by Crippen LogP contribution is -2.39. The molecule has 2 rings (SSSR count). The maximum atomic E-state index is 12.6. The third-order valence-corrected chi connectivity index (χ3v) is 5.50. The molecule has 0 saturated heterocycles. The predicted molar refractivity (Wildman–Crippen MR) is 90.1 cm³/mol. The quantitative estimate of drug-likeness (QED) is 0.574. The van der Waals surface area contributed by atoms with Gasteiger partial charge in [-0.15, -0.1) is 6.58 Å². The molecule has 5 heteroatoms. The molecule has 1 fully saturated rings. The number of rotatable bonds is 6. The molecule has 0 radical (unpaired) electrons. The Labute approximate surface area is 143 Å². The number of aliphatic hydroxyl groups is 2. The average molecular weight is 336 g/mol. The second-order valence-electron chi connectivity index (χ2n) is 8.13. The molecule has 1 saturated carbocycles. The molecule has 0 unspecified atom stereocenters. The summed E-state index contributed by atoms with van der Waals surface area (Å²) in [5.41, 5.74) is -0.272. The molecule has 0 aliphatic heterocycles. The molecule has 2 aliphatic rings. The van der Waals surface area contributed by atoms with Gasteiger partial charge in [-0.1, -0.05) is 19.9 Å². The first-order chi connectivity index (χ1) is 10.9. The van der Waals surface area contributed by atoms with E-state index in [1.54, 1.807) is 6.08 Å². The molecule has 134 valence electrons. The minimum absolute atomic E-state index is 0.00617. The smallest absolute Gasteiger partial charge is 0.310 e. The van der Waals surface area contributed by atoms with E-state index in [9.17, 15) is 19.8 Å². The van der Waals surface area contributed by atoms with Gasteiger partial charge < -0.3 is 14.9 Å². The van der Waals surface area contributed by atoms with Crippen molar-refractivity contribution in [2.75, 3.05) is 0 Å². The molecule has 0 heterocycles. The van der Waals surface area contributed by atoms with Crippen LogP contribution in [0.2, 0.25) is 0 Å². The van der Waals surface area contributed by atoms with E-state index in [-0.39, 0.29) is 18.1 Å². The lowest BCUT2D eigenvalue weighted by molar-refractivity contribution is -0.151.